The first kappa shape index (κ1) is 16.2. The summed E-state index contributed by atoms with van der Waals surface area (Å²) < 4.78 is 0. The van der Waals surface area contributed by atoms with E-state index in [1.165, 1.54) is 42.6 Å². The Labute approximate surface area is 130 Å². The number of carbonyl (C=O) groups excluding carboxylic acids is 1. The highest BCUT2D eigenvalue weighted by atomic mass is 32.1. The normalized spacial score (nSPS) is 16.4. The summed E-state index contributed by atoms with van der Waals surface area (Å²) in [6.07, 6.45) is 10.2. The van der Waals surface area contributed by atoms with Crippen LogP contribution in [0.4, 0.5) is 0 Å². The zero-order valence-electron chi connectivity index (χ0n) is 12.7. The van der Waals surface area contributed by atoms with Crippen molar-refractivity contribution < 1.29 is 4.79 Å². The topological polar surface area (TPSA) is 68.0 Å². The lowest BCUT2D eigenvalue weighted by atomic mass is 9.97. The van der Waals surface area contributed by atoms with Gasteiger partial charge in [0, 0.05) is 11.9 Å². The van der Waals surface area contributed by atoms with Gasteiger partial charge in [-0.2, -0.15) is 0 Å². The van der Waals surface area contributed by atoms with E-state index in [0.29, 0.717) is 12.2 Å². The molecule has 116 valence electrons. The molecule has 0 spiro atoms. The molecule has 0 aliphatic heterocycles. The summed E-state index contributed by atoms with van der Waals surface area (Å²) in [4.78, 5) is 16.4. The monoisotopic (exact) mass is 307 g/mol. The lowest BCUT2D eigenvalue weighted by Gasteiger charge is -2.12. The molecule has 0 bridgehead atoms. The highest BCUT2D eigenvalue weighted by Crippen LogP contribution is 2.21. The highest BCUT2D eigenvalue weighted by molar-refractivity contribution is 7.09. The molecule has 0 radical (unpaired) electrons. The summed E-state index contributed by atoms with van der Waals surface area (Å²) in [5.74, 6) is -0.0855. The predicted octanol–water partition coefficient (Wildman–Crippen LogP) is 3.56. The second kappa shape index (κ2) is 8.29. The first-order valence-electron chi connectivity index (χ1n) is 7.87. The first-order chi connectivity index (χ1) is 10.2. The van der Waals surface area contributed by atoms with E-state index in [-0.39, 0.29) is 11.9 Å². The lowest BCUT2D eigenvalue weighted by molar-refractivity contribution is 0.0949. The number of allylic oxidation sites excluding steroid dienone is 1. The molecule has 0 saturated carbocycles. The van der Waals surface area contributed by atoms with Crippen LogP contribution < -0.4 is 11.1 Å². The Balaban J connectivity index is 1.79. The second-order valence-corrected chi connectivity index (χ2v) is 6.47. The Morgan fingerprint density at radius 1 is 1.52 bits per heavy atom. The quantitative estimate of drug-likeness (QED) is 0.757. The van der Waals surface area contributed by atoms with Gasteiger partial charge >= 0.3 is 0 Å². The molecule has 1 atom stereocenters. The molecule has 0 aromatic carbocycles. The average molecular weight is 307 g/mol. The molecule has 0 saturated heterocycles. The fourth-order valence-electron chi connectivity index (χ4n) is 2.56. The maximum atomic E-state index is 12.1. The lowest BCUT2D eigenvalue weighted by Crippen LogP contribution is -2.25. The van der Waals surface area contributed by atoms with E-state index in [0.717, 1.165) is 24.3 Å². The van der Waals surface area contributed by atoms with Gasteiger partial charge in [-0.15, -0.1) is 11.3 Å². The van der Waals surface area contributed by atoms with Crippen LogP contribution in [0, 0.1) is 0 Å². The first-order valence-corrected chi connectivity index (χ1v) is 8.75. The molecule has 4 nitrogen and oxygen atoms in total. The van der Waals surface area contributed by atoms with E-state index in [1.54, 1.807) is 5.38 Å². The van der Waals surface area contributed by atoms with Crippen LogP contribution in [-0.4, -0.2) is 17.4 Å². The minimum Gasteiger partial charge on any atom is -0.350 e. The summed E-state index contributed by atoms with van der Waals surface area (Å²) in [6.45, 7) is 2.79. The third-order valence-electron chi connectivity index (χ3n) is 3.79. The molecule has 1 amide bonds. The number of thiazole rings is 1. The predicted molar refractivity (Wildman–Crippen MR) is 87.5 cm³/mol. The molecule has 0 fully saturated rings. The summed E-state index contributed by atoms with van der Waals surface area (Å²) in [5, 5.41) is 5.62. The van der Waals surface area contributed by atoms with Crippen molar-refractivity contribution >= 4 is 17.2 Å². The minimum atomic E-state index is -0.0855. The van der Waals surface area contributed by atoms with Gasteiger partial charge in [-0.25, -0.2) is 4.98 Å². The van der Waals surface area contributed by atoms with Gasteiger partial charge in [-0.3, -0.25) is 4.79 Å². The van der Waals surface area contributed by atoms with Crippen LogP contribution in [-0.2, 0) is 0 Å². The molecule has 1 aromatic heterocycles. The number of hydrogen-bond donors (Lipinski definition) is 2. The summed E-state index contributed by atoms with van der Waals surface area (Å²) in [6, 6.07) is -0.0473. The van der Waals surface area contributed by atoms with Crippen molar-refractivity contribution in [3.8, 4) is 0 Å². The van der Waals surface area contributed by atoms with Crippen LogP contribution in [0.3, 0.4) is 0 Å². The molecule has 21 heavy (non-hydrogen) atoms. The highest BCUT2D eigenvalue weighted by Gasteiger charge is 2.14. The molecule has 1 aliphatic carbocycles. The van der Waals surface area contributed by atoms with E-state index in [4.69, 9.17) is 5.73 Å². The van der Waals surface area contributed by atoms with Gasteiger partial charge in [0.05, 0.1) is 6.04 Å². The van der Waals surface area contributed by atoms with E-state index in [9.17, 15) is 4.79 Å². The number of amides is 1. The van der Waals surface area contributed by atoms with Crippen molar-refractivity contribution in [2.45, 2.75) is 57.9 Å². The Hall–Kier alpha value is -1.20. The van der Waals surface area contributed by atoms with Crippen LogP contribution >= 0.6 is 11.3 Å². The van der Waals surface area contributed by atoms with Gasteiger partial charge < -0.3 is 11.1 Å². The van der Waals surface area contributed by atoms with Crippen molar-refractivity contribution in [3.63, 3.8) is 0 Å². The van der Waals surface area contributed by atoms with E-state index < -0.39 is 0 Å². The molecule has 2 rings (SSSR count). The van der Waals surface area contributed by atoms with Gasteiger partial charge in [0.25, 0.3) is 5.91 Å². The van der Waals surface area contributed by atoms with Crippen LogP contribution in [0.25, 0.3) is 0 Å². The Kier molecular flexibility index (Phi) is 6.39. The SMILES string of the molecule is CCCC(N)c1nc(C(=O)NCCC2=CCCCC2)cs1. The summed E-state index contributed by atoms with van der Waals surface area (Å²) in [7, 11) is 0. The van der Waals surface area contributed by atoms with E-state index >= 15 is 0 Å². The number of hydrogen-bond acceptors (Lipinski definition) is 4. The maximum absolute atomic E-state index is 12.1. The number of nitrogens with zero attached hydrogens (tertiary/aromatic N) is 1. The van der Waals surface area contributed by atoms with Crippen molar-refractivity contribution in [2.75, 3.05) is 6.54 Å². The third kappa shape index (κ3) is 4.93. The third-order valence-corrected chi connectivity index (χ3v) is 4.76. The molecule has 1 unspecified atom stereocenters. The van der Waals surface area contributed by atoms with Crippen molar-refractivity contribution in [3.05, 3.63) is 27.7 Å². The number of nitrogens with one attached hydrogen (secondary N) is 1. The average Bonchev–Trinajstić information content (AvgIpc) is 2.98. The number of nitrogens with two attached hydrogens (primary N) is 1. The van der Waals surface area contributed by atoms with Gasteiger partial charge in [0.2, 0.25) is 0 Å². The van der Waals surface area contributed by atoms with Crippen LogP contribution in [0.1, 0.15) is 73.4 Å². The largest absolute Gasteiger partial charge is 0.350 e. The van der Waals surface area contributed by atoms with Crippen molar-refractivity contribution in [2.24, 2.45) is 5.73 Å². The minimum absolute atomic E-state index is 0.0473. The van der Waals surface area contributed by atoms with Gasteiger partial charge in [-0.05, 0) is 38.5 Å². The molecule has 1 aliphatic rings. The molecule has 5 heteroatoms. The standard InChI is InChI=1S/C16H25N3OS/c1-2-6-13(17)16-19-14(11-21-16)15(20)18-10-9-12-7-4-3-5-8-12/h7,11,13H,2-6,8-10,17H2,1H3,(H,18,20). The summed E-state index contributed by atoms with van der Waals surface area (Å²) >= 11 is 1.48. The summed E-state index contributed by atoms with van der Waals surface area (Å²) in [5.41, 5.74) is 8.00. The molecule has 1 aromatic rings. The number of rotatable bonds is 7. The van der Waals surface area contributed by atoms with Crippen molar-refractivity contribution in [1.82, 2.24) is 10.3 Å². The molecular weight excluding hydrogens is 282 g/mol. The Bertz CT molecular complexity index is 495. The zero-order chi connectivity index (χ0) is 15.1. The second-order valence-electron chi connectivity index (χ2n) is 5.58. The van der Waals surface area contributed by atoms with Gasteiger partial charge in [0.1, 0.15) is 10.7 Å². The fourth-order valence-corrected chi connectivity index (χ4v) is 3.39. The molecular formula is C16H25N3OS. The zero-order valence-corrected chi connectivity index (χ0v) is 13.5. The van der Waals surface area contributed by atoms with Crippen molar-refractivity contribution in [1.29, 1.82) is 0 Å². The van der Waals surface area contributed by atoms with Crippen LogP contribution in [0.15, 0.2) is 17.0 Å². The van der Waals surface area contributed by atoms with Crippen LogP contribution in [0.5, 0.6) is 0 Å². The smallest absolute Gasteiger partial charge is 0.270 e. The number of aromatic nitrogens is 1. The fraction of sp³-hybridized carbons (Fsp3) is 0.625. The van der Waals surface area contributed by atoms with Gasteiger partial charge in [-0.1, -0.05) is 25.0 Å². The van der Waals surface area contributed by atoms with E-state index in [1.807, 2.05) is 0 Å². The van der Waals surface area contributed by atoms with E-state index in [2.05, 4.69) is 23.3 Å². The maximum Gasteiger partial charge on any atom is 0.270 e. The van der Waals surface area contributed by atoms with Crippen LogP contribution in [0.2, 0.25) is 0 Å². The number of carbonyl (C=O) groups is 1. The Morgan fingerprint density at radius 2 is 2.38 bits per heavy atom. The molecule has 3 N–H and O–H groups in total. The molecule has 1 heterocycles. The van der Waals surface area contributed by atoms with Gasteiger partial charge in [0.15, 0.2) is 0 Å². The Morgan fingerprint density at radius 3 is 3.10 bits per heavy atom.